The van der Waals surface area contributed by atoms with E-state index in [2.05, 4.69) is 26.0 Å². The molecule has 1 aliphatic heterocycles. The molecule has 2 heterocycles. The van der Waals surface area contributed by atoms with Gasteiger partial charge in [-0.1, -0.05) is 35.9 Å². The third-order valence-electron chi connectivity index (χ3n) is 6.17. The average molecular weight is 494 g/mol. The topological polar surface area (TPSA) is 75.3 Å². The van der Waals surface area contributed by atoms with Crippen LogP contribution in [0.25, 0.3) is 0 Å². The Morgan fingerprint density at radius 3 is 2.57 bits per heavy atom. The van der Waals surface area contributed by atoms with Crippen LogP contribution < -0.4 is 0 Å². The summed E-state index contributed by atoms with van der Waals surface area (Å²) in [6, 6.07) is 16.5. The lowest BCUT2D eigenvalue weighted by Gasteiger charge is -2.26. The summed E-state index contributed by atoms with van der Waals surface area (Å²) in [6.45, 7) is 4.50. The number of hydrogen-bond acceptors (Lipinski definition) is 5. The molecule has 0 saturated heterocycles. The van der Waals surface area contributed by atoms with E-state index < -0.39 is 0 Å². The van der Waals surface area contributed by atoms with E-state index in [0.717, 1.165) is 22.4 Å². The van der Waals surface area contributed by atoms with E-state index in [4.69, 9.17) is 25.9 Å². The molecule has 0 unspecified atom stereocenters. The van der Waals surface area contributed by atoms with Gasteiger partial charge in [-0.2, -0.15) is 5.10 Å². The summed E-state index contributed by atoms with van der Waals surface area (Å²) >= 11 is 6.10. The Labute approximate surface area is 209 Å². The van der Waals surface area contributed by atoms with Crippen LogP contribution in [0.1, 0.15) is 45.3 Å². The number of carbonyl (C=O) groups is 2. The summed E-state index contributed by atoms with van der Waals surface area (Å²) < 4.78 is 10.4. The Hall–Kier alpha value is -3.42. The van der Waals surface area contributed by atoms with E-state index in [9.17, 15) is 9.59 Å². The molecule has 0 aliphatic carbocycles. The van der Waals surface area contributed by atoms with E-state index in [-0.39, 0.29) is 43.3 Å². The van der Waals surface area contributed by atoms with Gasteiger partial charge in [0, 0.05) is 25.1 Å². The first-order chi connectivity index (χ1) is 16.9. The normalized spacial score (nSPS) is 15.3. The molecule has 1 aromatic heterocycles. The van der Waals surface area contributed by atoms with Crippen LogP contribution >= 0.6 is 11.6 Å². The van der Waals surface area contributed by atoms with E-state index >= 15 is 0 Å². The van der Waals surface area contributed by atoms with Crippen molar-refractivity contribution in [1.82, 2.24) is 9.91 Å². The first-order valence-electron chi connectivity index (χ1n) is 11.4. The van der Waals surface area contributed by atoms with Crippen molar-refractivity contribution in [3.05, 3.63) is 93.9 Å². The molecule has 7 nitrogen and oxygen atoms in total. The molecule has 0 radical (unpaired) electrons. The monoisotopic (exact) mass is 493 g/mol. The molecular weight excluding hydrogens is 466 g/mol. The van der Waals surface area contributed by atoms with Gasteiger partial charge in [0.2, 0.25) is 0 Å². The Balaban J connectivity index is 1.63. The van der Waals surface area contributed by atoms with Crippen LogP contribution in [-0.4, -0.2) is 54.2 Å². The highest BCUT2D eigenvalue weighted by atomic mass is 35.5. The molecular formula is C27H28ClN3O4. The number of aryl methyl sites for hydroxylation is 2. The number of ether oxygens (including phenoxy) is 1. The number of nitrogens with zero attached hydrogens (tertiary/aromatic N) is 3. The van der Waals surface area contributed by atoms with Gasteiger partial charge in [0.25, 0.3) is 11.8 Å². The van der Waals surface area contributed by atoms with Crippen LogP contribution in [0.3, 0.4) is 0 Å². The van der Waals surface area contributed by atoms with E-state index in [1.54, 1.807) is 31.4 Å². The summed E-state index contributed by atoms with van der Waals surface area (Å²) in [4.78, 5) is 28.0. The van der Waals surface area contributed by atoms with Crippen LogP contribution in [0.4, 0.5) is 0 Å². The second kappa shape index (κ2) is 10.9. The zero-order valence-electron chi connectivity index (χ0n) is 20.0. The molecule has 8 heteroatoms. The van der Waals surface area contributed by atoms with E-state index in [1.165, 1.54) is 21.7 Å². The second-order valence-electron chi connectivity index (χ2n) is 8.55. The molecule has 2 aromatic carbocycles. The molecule has 1 atom stereocenters. The first-order valence-corrected chi connectivity index (χ1v) is 11.8. The minimum absolute atomic E-state index is 0.156. The van der Waals surface area contributed by atoms with Gasteiger partial charge in [0.1, 0.15) is 6.54 Å². The predicted molar refractivity (Wildman–Crippen MR) is 135 cm³/mol. The molecule has 3 aromatic rings. The Bertz CT molecular complexity index is 1220. The summed E-state index contributed by atoms with van der Waals surface area (Å²) in [6.07, 6.45) is 1.99. The van der Waals surface area contributed by atoms with Crippen molar-refractivity contribution in [1.29, 1.82) is 0 Å². The van der Waals surface area contributed by atoms with Gasteiger partial charge in [0.15, 0.2) is 5.76 Å². The summed E-state index contributed by atoms with van der Waals surface area (Å²) in [5.41, 5.74) is 5.08. The minimum atomic E-state index is -0.374. The Kier molecular flexibility index (Phi) is 7.68. The summed E-state index contributed by atoms with van der Waals surface area (Å²) in [7, 11) is 1.55. The predicted octanol–water partition coefficient (Wildman–Crippen LogP) is 5.02. The van der Waals surface area contributed by atoms with Gasteiger partial charge in [0.05, 0.1) is 24.6 Å². The SMILES string of the molecule is COCCN(CC(=O)N1N=C(c2ccc(C)c(C)c2)C[C@H]1c1ccc(Cl)cc1)C(=O)c1ccco1. The lowest BCUT2D eigenvalue weighted by Crippen LogP contribution is -2.42. The summed E-state index contributed by atoms with van der Waals surface area (Å²) in [5.74, 6) is -0.496. The maximum absolute atomic E-state index is 13.6. The molecule has 0 bridgehead atoms. The van der Waals surface area contributed by atoms with Crippen LogP contribution in [-0.2, 0) is 9.53 Å². The van der Waals surface area contributed by atoms with Crippen molar-refractivity contribution in [3.8, 4) is 0 Å². The van der Waals surface area contributed by atoms with Crippen molar-refractivity contribution in [2.24, 2.45) is 5.10 Å². The highest BCUT2D eigenvalue weighted by Gasteiger charge is 2.34. The van der Waals surface area contributed by atoms with Crippen molar-refractivity contribution in [3.63, 3.8) is 0 Å². The zero-order valence-corrected chi connectivity index (χ0v) is 20.8. The lowest BCUT2D eigenvalue weighted by atomic mass is 9.96. The highest BCUT2D eigenvalue weighted by Crippen LogP contribution is 2.34. The van der Waals surface area contributed by atoms with Crippen molar-refractivity contribution < 1.29 is 18.7 Å². The first kappa shape index (κ1) is 24.7. The van der Waals surface area contributed by atoms with Crippen LogP contribution in [0, 0.1) is 13.8 Å². The standard InChI is InChI=1S/C27H28ClN3O4/c1-18-6-7-21(15-19(18)2)23-16-24(20-8-10-22(28)11-9-20)31(29-23)26(32)17-30(12-14-34-3)27(33)25-5-4-13-35-25/h4-11,13,15,24H,12,14,16-17H2,1-3H3/t24-/m0/s1. The molecule has 4 rings (SSSR count). The number of furan rings is 1. The molecule has 2 amide bonds. The van der Waals surface area contributed by atoms with Gasteiger partial charge >= 0.3 is 0 Å². The fourth-order valence-corrected chi connectivity index (χ4v) is 4.15. The number of amides is 2. The Morgan fingerprint density at radius 1 is 1.14 bits per heavy atom. The van der Waals surface area contributed by atoms with Crippen LogP contribution in [0.15, 0.2) is 70.4 Å². The number of halogens is 1. The second-order valence-corrected chi connectivity index (χ2v) is 8.99. The molecule has 0 fully saturated rings. The molecule has 0 spiro atoms. The van der Waals surface area contributed by atoms with Gasteiger partial charge in [-0.05, 0) is 66.4 Å². The van der Waals surface area contributed by atoms with Crippen LogP contribution in [0.5, 0.6) is 0 Å². The smallest absolute Gasteiger partial charge is 0.290 e. The molecule has 182 valence electrons. The van der Waals surface area contributed by atoms with E-state index in [0.29, 0.717) is 11.4 Å². The number of methoxy groups -OCH3 is 1. The van der Waals surface area contributed by atoms with Crippen molar-refractivity contribution in [2.45, 2.75) is 26.3 Å². The largest absolute Gasteiger partial charge is 0.459 e. The van der Waals surface area contributed by atoms with Gasteiger partial charge in [-0.25, -0.2) is 5.01 Å². The van der Waals surface area contributed by atoms with Gasteiger partial charge in [-0.15, -0.1) is 0 Å². The molecule has 0 saturated carbocycles. The highest BCUT2D eigenvalue weighted by molar-refractivity contribution is 6.30. The third-order valence-corrected chi connectivity index (χ3v) is 6.42. The molecule has 1 aliphatic rings. The van der Waals surface area contributed by atoms with Gasteiger partial charge in [-0.3, -0.25) is 9.59 Å². The van der Waals surface area contributed by atoms with E-state index in [1.807, 2.05) is 18.2 Å². The zero-order chi connectivity index (χ0) is 24.9. The number of rotatable bonds is 8. The molecule has 0 N–H and O–H groups in total. The maximum atomic E-state index is 13.6. The quantitative estimate of drug-likeness (QED) is 0.441. The maximum Gasteiger partial charge on any atom is 0.290 e. The number of benzene rings is 2. The van der Waals surface area contributed by atoms with Gasteiger partial charge < -0.3 is 14.1 Å². The summed E-state index contributed by atoms with van der Waals surface area (Å²) in [5, 5.41) is 6.85. The fourth-order valence-electron chi connectivity index (χ4n) is 4.03. The fraction of sp³-hybridized carbons (Fsp3) is 0.296. The number of hydrogen-bond donors (Lipinski definition) is 0. The third kappa shape index (κ3) is 5.63. The van der Waals surface area contributed by atoms with Crippen LogP contribution in [0.2, 0.25) is 5.02 Å². The number of carbonyl (C=O) groups excluding carboxylic acids is 2. The molecule has 35 heavy (non-hydrogen) atoms. The Morgan fingerprint density at radius 2 is 1.91 bits per heavy atom. The lowest BCUT2D eigenvalue weighted by molar-refractivity contribution is -0.133. The minimum Gasteiger partial charge on any atom is -0.459 e. The van der Waals surface area contributed by atoms with Crippen molar-refractivity contribution in [2.75, 3.05) is 26.8 Å². The number of hydrazone groups is 1. The van der Waals surface area contributed by atoms with Crippen molar-refractivity contribution >= 4 is 29.1 Å². The average Bonchev–Trinajstić information content (AvgIpc) is 3.54.